The molecule has 0 aliphatic rings. The Hall–Kier alpha value is -1.55. The molecule has 0 saturated heterocycles. The van der Waals surface area contributed by atoms with E-state index in [-0.39, 0.29) is 5.02 Å². The van der Waals surface area contributed by atoms with Crippen molar-refractivity contribution in [3.05, 3.63) is 34.9 Å². The lowest BCUT2D eigenvalue weighted by Crippen LogP contribution is -2.05. The highest BCUT2D eigenvalue weighted by Crippen LogP contribution is 2.31. The van der Waals surface area contributed by atoms with Crippen molar-refractivity contribution in [3.63, 3.8) is 0 Å². The fourth-order valence-electron chi connectivity index (χ4n) is 2.17. The highest BCUT2D eigenvalue weighted by Gasteiger charge is 2.18. The van der Waals surface area contributed by atoms with E-state index in [0.29, 0.717) is 17.1 Å². The van der Waals surface area contributed by atoms with Gasteiger partial charge in [0.15, 0.2) is 5.82 Å². The number of nitrogens with zero attached hydrogens (tertiary/aromatic N) is 2. The monoisotopic (exact) mass is 281 g/mol. The third-order valence-electron chi connectivity index (χ3n) is 3.08. The maximum atomic E-state index is 14.1. The summed E-state index contributed by atoms with van der Waals surface area (Å²) in [6.45, 7) is 4.79. The number of rotatable bonds is 4. The lowest BCUT2D eigenvalue weighted by atomic mass is 10.1. The lowest BCUT2D eigenvalue weighted by Gasteiger charge is -2.06. The van der Waals surface area contributed by atoms with Crippen molar-refractivity contribution in [2.24, 2.45) is 0 Å². The van der Waals surface area contributed by atoms with Gasteiger partial charge in [-0.1, -0.05) is 24.6 Å². The van der Waals surface area contributed by atoms with Gasteiger partial charge < -0.3 is 10.3 Å². The van der Waals surface area contributed by atoms with Crippen LogP contribution in [0.25, 0.3) is 11.3 Å². The van der Waals surface area contributed by atoms with Gasteiger partial charge in [0, 0.05) is 18.5 Å². The molecule has 2 rings (SSSR count). The van der Waals surface area contributed by atoms with Crippen LogP contribution in [-0.4, -0.2) is 9.55 Å². The van der Waals surface area contributed by atoms with E-state index in [0.717, 1.165) is 25.2 Å². The smallest absolute Gasteiger partial charge is 0.151 e. The zero-order valence-corrected chi connectivity index (χ0v) is 11.8. The summed E-state index contributed by atoms with van der Waals surface area (Å²) in [6, 6.07) is 4.86. The summed E-state index contributed by atoms with van der Waals surface area (Å²) in [6.07, 6.45) is 1.79. The molecule has 0 unspecified atom stereocenters. The summed E-state index contributed by atoms with van der Waals surface area (Å²) in [5, 5.41) is 0.0833. The molecule has 0 bridgehead atoms. The molecule has 0 fully saturated rings. The molecule has 102 valence electrons. The van der Waals surface area contributed by atoms with E-state index >= 15 is 0 Å². The minimum atomic E-state index is -0.473. The lowest BCUT2D eigenvalue weighted by molar-refractivity contribution is 0.631. The van der Waals surface area contributed by atoms with Gasteiger partial charge in [0.25, 0.3) is 0 Å². The quantitative estimate of drug-likeness (QED) is 0.924. The molecule has 1 heterocycles. The van der Waals surface area contributed by atoms with Gasteiger partial charge in [-0.25, -0.2) is 9.37 Å². The fraction of sp³-hybridized carbons (Fsp3) is 0.357. The van der Waals surface area contributed by atoms with Crippen LogP contribution in [0.3, 0.4) is 0 Å². The zero-order valence-electron chi connectivity index (χ0n) is 11.1. The minimum absolute atomic E-state index is 0.0833. The second-order valence-corrected chi connectivity index (χ2v) is 4.76. The van der Waals surface area contributed by atoms with E-state index in [1.165, 1.54) is 6.07 Å². The second-order valence-electron chi connectivity index (χ2n) is 4.36. The average Bonchev–Trinajstić information content (AvgIpc) is 2.70. The number of nitrogens with two attached hydrogens (primary N) is 1. The Morgan fingerprint density at radius 3 is 2.74 bits per heavy atom. The number of halogens is 2. The van der Waals surface area contributed by atoms with Crippen LogP contribution >= 0.6 is 11.6 Å². The van der Waals surface area contributed by atoms with Crippen molar-refractivity contribution in [2.45, 2.75) is 33.2 Å². The summed E-state index contributed by atoms with van der Waals surface area (Å²) in [4.78, 5) is 4.48. The van der Waals surface area contributed by atoms with Gasteiger partial charge in [-0.05, 0) is 25.5 Å². The van der Waals surface area contributed by atoms with Crippen LogP contribution in [0, 0.1) is 5.82 Å². The molecule has 1 aromatic carbocycles. The first-order chi connectivity index (χ1) is 9.10. The third kappa shape index (κ3) is 2.45. The highest BCUT2D eigenvalue weighted by atomic mass is 35.5. The summed E-state index contributed by atoms with van der Waals surface area (Å²) in [7, 11) is 0. The molecule has 2 N–H and O–H groups in total. The van der Waals surface area contributed by atoms with Gasteiger partial charge in [-0.2, -0.15) is 0 Å². The number of anilines is 1. The van der Waals surface area contributed by atoms with Crippen molar-refractivity contribution < 1.29 is 4.39 Å². The van der Waals surface area contributed by atoms with Crippen LogP contribution in [0.15, 0.2) is 18.2 Å². The number of aromatic nitrogens is 2. The van der Waals surface area contributed by atoms with Crippen LogP contribution in [-0.2, 0) is 13.0 Å². The summed E-state index contributed by atoms with van der Waals surface area (Å²) in [5.41, 5.74) is 6.92. The number of aryl methyl sites for hydroxylation is 1. The van der Waals surface area contributed by atoms with E-state index in [1.807, 2.05) is 11.5 Å². The first-order valence-electron chi connectivity index (χ1n) is 6.39. The second kappa shape index (κ2) is 5.61. The molecule has 2 aromatic rings. The predicted molar refractivity (Wildman–Crippen MR) is 76.7 cm³/mol. The molecule has 1 aromatic heterocycles. The van der Waals surface area contributed by atoms with Crippen LogP contribution < -0.4 is 5.73 Å². The average molecular weight is 282 g/mol. The molecule has 0 radical (unpaired) electrons. The summed E-state index contributed by atoms with van der Waals surface area (Å²) >= 11 is 5.81. The Morgan fingerprint density at radius 2 is 2.11 bits per heavy atom. The third-order valence-corrected chi connectivity index (χ3v) is 3.37. The Bertz CT molecular complexity index is 593. The number of benzene rings is 1. The normalized spacial score (nSPS) is 10.9. The Balaban J connectivity index is 2.59. The molecule has 0 aliphatic carbocycles. The molecule has 0 spiro atoms. The molecule has 0 saturated carbocycles. The Morgan fingerprint density at radius 1 is 1.37 bits per heavy atom. The van der Waals surface area contributed by atoms with E-state index in [4.69, 9.17) is 17.3 Å². The highest BCUT2D eigenvalue weighted by molar-refractivity contribution is 6.31. The van der Waals surface area contributed by atoms with Crippen LogP contribution in [0.4, 0.5) is 10.2 Å². The van der Waals surface area contributed by atoms with Gasteiger partial charge in [-0.15, -0.1) is 0 Å². The van der Waals surface area contributed by atoms with Crippen molar-refractivity contribution in [1.82, 2.24) is 9.55 Å². The van der Waals surface area contributed by atoms with Crippen LogP contribution in [0.5, 0.6) is 0 Å². The van der Waals surface area contributed by atoms with E-state index in [1.54, 1.807) is 12.1 Å². The number of nitrogen functional groups attached to an aromatic ring is 1. The first-order valence-corrected chi connectivity index (χ1v) is 6.77. The molecule has 0 atom stereocenters. The molecular weight excluding hydrogens is 265 g/mol. The maximum Gasteiger partial charge on any atom is 0.151 e. The standard InChI is InChI=1S/C14H17ClFN3/c1-3-6-11-18-13(14(17)19(11)4-2)9-7-5-8-10(15)12(9)16/h5,7-8H,3-4,6,17H2,1-2H3. The summed E-state index contributed by atoms with van der Waals surface area (Å²) < 4.78 is 16.0. The largest absolute Gasteiger partial charge is 0.383 e. The first kappa shape index (κ1) is 13.9. The van der Waals surface area contributed by atoms with Crippen molar-refractivity contribution in [2.75, 3.05) is 5.73 Å². The topological polar surface area (TPSA) is 43.8 Å². The van der Waals surface area contributed by atoms with Crippen molar-refractivity contribution >= 4 is 17.4 Å². The van der Waals surface area contributed by atoms with Crippen molar-refractivity contribution in [1.29, 1.82) is 0 Å². The maximum absolute atomic E-state index is 14.1. The van der Waals surface area contributed by atoms with Crippen LogP contribution in [0.2, 0.25) is 5.02 Å². The molecular formula is C14H17ClFN3. The predicted octanol–water partition coefficient (Wildman–Crippen LogP) is 3.90. The minimum Gasteiger partial charge on any atom is -0.383 e. The molecule has 0 aliphatic heterocycles. The number of imidazole rings is 1. The van der Waals surface area contributed by atoms with Crippen LogP contribution in [0.1, 0.15) is 26.1 Å². The molecule has 19 heavy (non-hydrogen) atoms. The van der Waals surface area contributed by atoms with E-state index < -0.39 is 5.82 Å². The number of hydrogen-bond donors (Lipinski definition) is 1. The molecule has 3 nitrogen and oxygen atoms in total. The van der Waals surface area contributed by atoms with E-state index in [2.05, 4.69) is 11.9 Å². The zero-order chi connectivity index (χ0) is 14.0. The summed E-state index contributed by atoms with van der Waals surface area (Å²) in [5.74, 6) is 0.906. The molecule has 0 amide bonds. The van der Waals surface area contributed by atoms with Gasteiger partial charge in [0.05, 0.1) is 5.02 Å². The Kier molecular flexibility index (Phi) is 4.10. The molecule has 5 heteroatoms. The van der Waals surface area contributed by atoms with Gasteiger partial charge in [0.1, 0.15) is 17.3 Å². The Labute approximate surface area is 117 Å². The van der Waals surface area contributed by atoms with E-state index in [9.17, 15) is 4.39 Å². The fourth-order valence-corrected chi connectivity index (χ4v) is 2.34. The SMILES string of the molecule is CCCc1nc(-c2cccc(Cl)c2F)c(N)n1CC. The van der Waals surface area contributed by atoms with Gasteiger partial charge in [-0.3, -0.25) is 0 Å². The van der Waals surface area contributed by atoms with Gasteiger partial charge in [0.2, 0.25) is 0 Å². The van der Waals surface area contributed by atoms with Crippen molar-refractivity contribution in [3.8, 4) is 11.3 Å². The number of hydrogen-bond acceptors (Lipinski definition) is 2. The van der Waals surface area contributed by atoms with Gasteiger partial charge >= 0.3 is 0 Å².